The van der Waals surface area contributed by atoms with E-state index in [2.05, 4.69) is 5.32 Å². The van der Waals surface area contributed by atoms with Crippen LogP contribution >= 0.6 is 23.2 Å². The number of halogens is 2. The number of hydrogen-bond donors (Lipinski definition) is 1. The Labute approximate surface area is 123 Å². The zero-order chi connectivity index (χ0) is 13.8. The predicted molar refractivity (Wildman–Crippen MR) is 80.4 cm³/mol. The first-order valence-corrected chi connectivity index (χ1v) is 6.68. The molecule has 2 nitrogen and oxygen atoms in total. The molecule has 0 amide bonds. The highest BCUT2D eigenvalue weighted by molar-refractivity contribution is 6.42. The van der Waals surface area contributed by atoms with E-state index in [-0.39, 0.29) is 6.04 Å². The summed E-state index contributed by atoms with van der Waals surface area (Å²) in [7, 11) is 3.54. The van der Waals surface area contributed by atoms with Gasteiger partial charge in [0.05, 0.1) is 23.2 Å². The molecule has 2 rings (SSSR count). The zero-order valence-electron chi connectivity index (χ0n) is 10.8. The van der Waals surface area contributed by atoms with Crippen molar-refractivity contribution in [1.82, 2.24) is 5.32 Å². The molecule has 0 fully saturated rings. The van der Waals surface area contributed by atoms with Gasteiger partial charge in [0.1, 0.15) is 5.75 Å². The smallest absolute Gasteiger partial charge is 0.119 e. The quantitative estimate of drug-likeness (QED) is 0.907. The lowest BCUT2D eigenvalue weighted by Gasteiger charge is -2.19. The molecule has 0 heterocycles. The SMILES string of the molecule is CNC(c1cccc(OC)c1)c1cccc(Cl)c1Cl. The van der Waals surface area contributed by atoms with Crippen LogP contribution in [0.2, 0.25) is 10.0 Å². The van der Waals surface area contributed by atoms with Crippen LogP contribution < -0.4 is 10.1 Å². The van der Waals surface area contributed by atoms with Crippen molar-refractivity contribution in [2.75, 3.05) is 14.2 Å². The Balaban J connectivity index is 2.46. The molecule has 0 aliphatic rings. The molecule has 100 valence electrons. The van der Waals surface area contributed by atoms with E-state index in [4.69, 9.17) is 27.9 Å². The molecule has 0 saturated heterocycles. The molecule has 0 saturated carbocycles. The van der Waals surface area contributed by atoms with E-state index in [0.29, 0.717) is 10.0 Å². The van der Waals surface area contributed by atoms with E-state index in [1.807, 2.05) is 43.4 Å². The minimum absolute atomic E-state index is 0.0266. The largest absolute Gasteiger partial charge is 0.497 e. The summed E-state index contributed by atoms with van der Waals surface area (Å²) in [6.07, 6.45) is 0. The molecule has 2 aromatic rings. The number of nitrogens with one attached hydrogen (secondary N) is 1. The molecule has 1 atom stereocenters. The molecule has 0 bridgehead atoms. The van der Waals surface area contributed by atoms with Gasteiger partial charge in [-0.25, -0.2) is 0 Å². The fourth-order valence-electron chi connectivity index (χ4n) is 2.07. The highest BCUT2D eigenvalue weighted by Crippen LogP contribution is 2.33. The van der Waals surface area contributed by atoms with Crippen LogP contribution in [0.5, 0.6) is 5.75 Å². The van der Waals surface area contributed by atoms with E-state index < -0.39 is 0 Å². The number of rotatable bonds is 4. The van der Waals surface area contributed by atoms with Crippen LogP contribution in [-0.4, -0.2) is 14.2 Å². The Bertz CT molecular complexity index is 572. The number of hydrogen-bond acceptors (Lipinski definition) is 2. The summed E-state index contributed by atoms with van der Waals surface area (Å²) < 4.78 is 5.25. The molecule has 0 radical (unpaired) electrons. The van der Waals surface area contributed by atoms with Gasteiger partial charge >= 0.3 is 0 Å². The topological polar surface area (TPSA) is 21.3 Å². The zero-order valence-corrected chi connectivity index (χ0v) is 12.3. The average Bonchev–Trinajstić information content (AvgIpc) is 2.44. The van der Waals surface area contributed by atoms with Gasteiger partial charge in [-0.15, -0.1) is 0 Å². The maximum Gasteiger partial charge on any atom is 0.119 e. The van der Waals surface area contributed by atoms with Crippen molar-refractivity contribution < 1.29 is 4.74 Å². The van der Waals surface area contributed by atoms with Gasteiger partial charge < -0.3 is 10.1 Å². The van der Waals surface area contributed by atoms with Gasteiger partial charge in [-0.05, 0) is 36.4 Å². The van der Waals surface area contributed by atoms with Crippen molar-refractivity contribution in [1.29, 1.82) is 0 Å². The maximum atomic E-state index is 6.29. The van der Waals surface area contributed by atoms with Gasteiger partial charge in [0.25, 0.3) is 0 Å². The summed E-state index contributed by atoms with van der Waals surface area (Å²) in [5, 5.41) is 4.39. The molecular weight excluding hydrogens is 281 g/mol. The van der Waals surface area contributed by atoms with Gasteiger partial charge in [0.2, 0.25) is 0 Å². The fourth-order valence-corrected chi connectivity index (χ4v) is 2.48. The summed E-state index contributed by atoms with van der Waals surface area (Å²) >= 11 is 12.4. The summed E-state index contributed by atoms with van der Waals surface area (Å²) in [6, 6.07) is 13.5. The van der Waals surface area contributed by atoms with Crippen molar-refractivity contribution in [3.63, 3.8) is 0 Å². The van der Waals surface area contributed by atoms with E-state index >= 15 is 0 Å². The number of ether oxygens (including phenoxy) is 1. The minimum atomic E-state index is -0.0266. The monoisotopic (exact) mass is 295 g/mol. The van der Waals surface area contributed by atoms with E-state index in [0.717, 1.165) is 16.9 Å². The Kier molecular flexibility index (Phi) is 4.70. The van der Waals surface area contributed by atoms with E-state index in [1.165, 1.54) is 0 Å². The van der Waals surface area contributed by atoms with Crippen molar-refractivity contribution in [3.05, 3.63) is 63.6 Å². The summed E-state index contributed by atoms with van der Waals surface area (Å²) in [5.41, 5.74) is 2.02. The van der Waals surface area contributed by atoms with Crippen molar-refractivity contribution >= 4 is 23.2 Å². The lowest BCUT2D eigenvalue weighted by molar-refractivity contribution is 0.414. The average molecular weight is 296 g/mol. The summed E-state index contributed by atoms with van der Waals surface area (Å²) in [5.74, 6) is 0.816. The lowest BCUT2D eigenvalue weighted by Crippen LogP contribution is -2.18. The Morgan fingerprint density at radius 1 is 1.11 bits per heavy atom. The van der Waals surface area contributed by atoms with Crippen molar-refractivity contribution in [2.24, 2.45) is 0 Å². The van der Waals surface area contributed by atoms with Crippen LogP contribution in [0.3, 0.4) is 0 Å². The molecule has 19 heavy (non-hydrogen) atoms. The number of methoxy groups -OCH3 is 1. The molecule has 1 N–H and O–H groups in total. The first-order valence-electron chi connectivity index (χ1n) is 5.92. The van der Waals surface area contributed by atoms with E-state index in [9.17, 15) is 0 Å². The molecule has 0 spiro atoms. The molecule has 0 aromatic heterocycles. The van der Waals surface area contributed by atoms with Gasteiger partial charge in [-0.1, -0.05) is 47.5 Å². The maximum absolute atomic E-state index is 6.29. The Hall–Kier alpha value is -1.22. The summed E-state index contributed by atoms with van der Waals surface area (Å²) in [4.78, 5) is 0. The minimum Gasteiger partial charge on any atom is -0.497 e. The second kappa shape index (κ2) is 6.29. The van der Waals surface area contributed by atoms with Gasteiger partial charge in [-0.3, -0.25) is 0 Å². The second-order valence-electron chi connectivity index (χ2n) is 4.14. The highest BCUT2D eigenvalue weighted by Gasteiger charge is 2.17. The van der Waals surface area contributed by atoms with Crippen LogP contribution in [0.1, 0.15) is 17.2 Å². The van der Waals surface area contributed by atoms with Gasteiger partial charge in [0.15, 0.2) is 0 Å². The Morgan fingerprint density at radius 3 is 2.53 bits per heavy atom. The van der Waals surface area contributed by atoms with Gasteiger partial charge in [-0.2, -0.15) is 0 Å². The third-order valence-corrected chi connectivity index (χ3v) is 3.84. The standard InChI is InChI=1S/C15H15Cl2NO/c1-18-15(10-5-3-6-11(9-10)19-2)12-7-4-8-13(16)14(12)17/h3-9,15,18H,1-2H3. The molecule has 4 heteroatoms. The van der Waals surface area contributed by atoms with Crippen LogP contribution in [0.25, 0.3) is 0 Å². The van der Waals surface area contributed by atoms with Crippen molar-refractivity contribution in [2.45, 2.75) is 6.04 Å². The molecule has 0 aliphatic heterocycles. The second-order valence-corrected chi connectivity index (χ2v) is 4.93. The highest BCUT2D eigenvalue weighted by atomic mass is 35.5. The third kappa shape index (κ3) is 3.03. The third-order valence-electron chi connectivity index (χ3n) is 3.01. The number of benzene rings is 2. The Morgan fingerprint density at radius 2 is 1.84 bits per heavy atom. The summed E-state index contributed by atoms with van der Waals surface area (Å²) in [6.45, 7) is 0. The normalized spacial score (nSPS) is 12.2. The predicted octanol–water partition coefficient (Wildman–Crippen LogP) is 4.31. The molecular formula is C15H15Cl2NO. The fraction of sp³-hybridized carbons (Fsp3) is 0.200. The van der Waals surface area contributed by atoms with Crippen LogP contribution in [0.15, 0.2) is 42.5 Å². The van der Waals surface area contributed by atoms with Gasteiger partial charge in [0, 0.05) is 0 Å². The molecule has 0 aliphatic carbocycles. The van der Waals surface area contributed by atoms with E-state index in [1.54, 1.807) is 13.2 Å². The lowest BCUT2D eigenvalue weighted by atomic mass is 9.98. The van der Waals surface area contributed by atoms with Crippen LogP contribution in [-0.2, 0) is 0 Å². The van der Waals surface area contributed by atoms with Crippen molar-refractivity contribution in [3.8, 4) is 5.75 Å². The molecule has 1 unspecified atom stereocenters. The molecule has 2 aromatic carbocycles. The van der Waals surface area contributed by atoms with Crippen LogP contribution in [0, 0.1) is 0 Å². The first kappa shape index (κ1) is 14.2. The first-order chi connectivity index (χ1) is 9.17. The van der Waals surface area contributed by atoms with Crippen LogP contribution in [0.4, 0.5) is 0 Å².